The van der Waals surface area contributed by atoms with Gasteiger partial charge in [-0.2, -0.15) is 15.0 Å². The van der Waals surface area contributed by atoms with Crippen LogP contribution in [0.5, 0.6) is 11.8 Å². The van der Waals surface area contributed by atoms with Crippen LogP contribution in [-0.4, -0.2) is 34.2 Å². The fourth-order valence-corrected chi connectivity index (χ4v) is 1.48. The lowest BCUT2D eigenvalue weighted by atomic mass is 10.2. The van der Waals surface area contributed by atoms with Crippen molar-refractivity contribution >= 4 is 17.5 Å². The fourth-order valence-electron chi connectivity index (χ4n) is 1.34. The van der Waals surface area contributed by atoms with Crippen LogP contribution in [0, 0.1) is 0 Å². The first kappa shape index (κ1) is 13.5. The molecule has 0 aliphatic rings. The quantitative estimate of drug-likeness (QED) is 0.922. The van der Waals surface area contributed by atoms with Gasteiger partial charge < -0.3 is 14.7 Å². The number of hydrogen-bond acceptors (Lipinski definition) is 6. The molecule has 0 spiro atoms. The summed E-state index contributed by atoms with van der Waals surface area (Å²) in [6, 6.07) is 7.08. The molecule has 0 fully saturated rings. The van der Waals surface area contributed by atoms with E-state index >= 15 is 0 Å². The van der Waals surface area contributed by atoms with E-state index in [1.54, 1.807) is 43.3 Å². The van der Waals surface area contributed by atoms with Crippen molar-refractivity contribution in [2.45, 2.75) is 6.61 Å². The molecule has 0 unspecified atom stereocenters. The topological polar surface area (TPSA) is 71.4 Å². The predicted octanol–water partition coefficient (Wildman–Crippen LogP) is 1.88. The molecule has 6 nitrogen and oxygen atoms in total. The molecule has 0 aliphatic carbocycles. The Balaban J connectivity index is 2.22. The van der Waals surface area contributed by atoms with E-state index < -0.39 is 0 Å². The standard InChI is InChI=1S/C12H13ClN4O2/c1-17(2)11-14-10(13)15-12(16-11)19-9-5-3-8(7-18)4-6-9/h3-6,18H,7H2,1-2H3. The highest BCUT2D eigenvalue weighted by atomic mass is 35.5. The second-order valence-corrected chi connectivity index (χ2v) is 4.32. The van der Waals surface area contributed by atoms with Gasteiger partial charge in [0.25, 0.3) is 0 Å². The van der Waals surface area contributed by atoms with E-state index in [1.807, 2.05) is 0 Å². The predicted molar refractivity (Wildman–Crippen MR) is 71.6 cm³/mol. The third kappa shape index (κ3) is 3.52. The van der Waals surface area contributed by atoms with Gasteiger partial charge in [0.05, 0.1) is 6.61 Å². The van der Waals surface area contributed by atoms with Crippen LogP contribution in [0.15, 0.2) is 24.3 Å². The number of anilines is 1. The van der Waals surface area contributed by atoms with E-state index in [2.05, 4.69) is 15.0 Å². The molecule has 1 N–H and O–H groups in total. The SMILES string of the molecule is CN(C)c1nc(Cl)nc(Oc2ccc(CO)cc2)n1. The Morgan fingerprint density at radius 1 is 1.16 bits per heavy atom. The lowest BCUT2D eigenvalue weighted by Crippen LogP contribution is -2.13. The van der Waals surface area contributed by atoms with E-state index in [1.165, 1.54) is 0 Å². The number of halogens is 1. The number of aliphatic hydroxyl groups is 1. The van der Waals surface area contributed by atoms with Crippen molar-refractivity contribution in [3.63, 3.8) is 0 Å². The van der Waals surface area contributed by atoms with Gasteiger partial charge in [-0.25, -0.2) is 0 Å². The van der Waals surface area contributed by atoms with Crippen LogP contribution < -0.4 is 9.64 Å². The molecule has 0 atom stereocenters. The molecule has 0 amide bonds. The summed E-state index contributed by atoms with van der Waals surface area (Å²) in [5, 5.41) is 9.03. The highest BCUT2D eigenvalue weighted by Gasteiger charge is 2.08. The first-order valence-electron chi connectivity index (χ1n) is 5.55. The highest BCUT2D eigenvalue weighted by molar-refractivity contribution is 6.28. The van der Waals surface area contributed by atoms with Crippen LogP contribution in [0.3, 0.4) is 0 Å². The zero-order valence-corrected chi connectivity index (χ0v) is 11.3. The maximum Gasteiger partial charge on any atom is 0.328 e. The minimum absolute atomic E-state index is 0.0113. The van der Waals surface area contributed by atoms with E-state index in [0.29, 0.717) is 11.7 Å². The van der Waals surface area contributed by atoms with Crippen LogP contribution in [0.2, 0.25) is 5.28 Å². The Kier molecular flexibility index (Phi) is 4.13. The number of aromatic nitrogens is 3. The third-order valence-corrected chi connectivity index (χ3v) is 2.46. The molecule has 2 aromatic rings. The Bertz CT molecular complexity index is 560. The van der Waals surface area contributed by atoms with Crippen molar-refractivity contribution in [3.8, 4) is 11.8 Å². The van der Waals surface area contributed by atoms with Crippen LogP contribution in [0.25, 0.3) is 0 Å². The lowest BCUT2D eigenvalue weighted by Gasteiger charge is -2.11. The first-order valence-corrected chi connectivity index (χ1v) is 5.93. The van der Waals surface area contributed by atoms with Gasteiger partial charge in [-0.05, 0) is 29.3 Å². The summed E-state index contributed by atoms with van der Waals surface area (Å²) in [4.78, 5) is 13.7. The average molecular weight is 281 g/mol. The summed E-state index contributed by atoms with van der Waals surface area (Å²) < 4.78 is 5.49. The maximum atomic E-state index is 8.96. The summed E-state index contributed by atoms with van der Waals surface area (Å²) in [6.45, 7) is -0.0113. The Morgan fingerprint density at radius 3 is 2.42 bits per heavy atom. The van der Waals surface area contributed by atoms with E-state index in [0.717, 1.165) is 5.56 Å². The molecule has 0 bridgehead atoms. The molecular formula is C12H13ClN4O2. The van der Waals surface area contributed by atoms with Gasteiger partial charge in [0.15, 0.2) is 0 Å². The summed E-state index contributed by atoms with van der Waals surface area (Å²) in [5.74, 6) is 0.978. The van der Waals surface area contributed by atoms with Crippen molar-refractivity contribution in [3.05, 3.63) is 35.1 Å². The molecule has 1 heterocycles. The molecule has 100 valence electrons. The Morgan fingerprint density at radius 2 is 1.84 bits per heavy atom. The summed E-state index contributed by atoms with van der Waals surface area (Å²) in [7, 11) is 3.59. The number of hydrogen-bond donors (Lipinski definition) is 1. The lowest BCUT2D eigenvalue weighted by molar-refractivity contribution is 0.281. The number of rotatable bonds is 4. The maximum absolute atomic E-state index is 8.96. The zero-order valence-electron chi connectivity index (χ0n) is 10.5. The number of aliphatic hydroxyl groups excluding tert-OH is 1. The molecule has 0 saturated carbocycles. The van der Waals surface area contributed by atoms with Crippen molar-refractivity contribution in [1.82, 2.24) is 15.0 Å². The van der Waals surface area contributed by atoms with Gasteiger partial charge in [-0.3, -0.25) is 0 Å². The molecule has 1 aromatic carbocycles. The second-order valence-electron chi connectivity index (χ2n) is 3.99. The minimum atomic E-state index is -0.0113. The van der Waals surface area contributed by atoms with Gasteiger partial charge in [-0.15, -0.1) is 0 Å². The number of ether oxygens (including phenoxy) is 1. The average Bonchev–Trinajstić information content (AvgIpc) is 2.39. The van der Waals surface area contributed by atoms with Crippen LogP contribution in [0.1, 0.15) is 5.56 Å². The smallest absolute Gasteiger partial charge is 0.328 e. The molecular weight excluding hydrogens is 268 g/mol. The fraction of sp³-hybridized carbons (Fsp3) is 0.250. The van der Waals surface area contributed by atoms with Crippen molar-refractivity contribution < 1.29 is 9.84 Å². The van der Waals surface area contributed by atoms with E-state index in [9.17, 15) is 0 Å². The molecule has 7 heteroatoms. The Labute approximate surface area is 115 Å². The minimum Gasteiger partial charge on any atom is -0.424 e. The largest absolute Gasteiger partial charge is 0.424 e. The molecule has 1 aromatic heterocycles. The monoisotopic (exact) mass is 280 g/mol. The number of benzene rings is 1. The zero-order chi connectivity index (χ0) is 13.8. The summed E-state index contributed by atoms with van der Waals surface area (Å²) >= 11 is 5.81. The Hall–Kier alpha value is -1.92. The summed E-state index contributed by atoms with van der Waals surface area (Å²) in [6.07, 6.45) is 0. The number of nitrogens with zero attached hydrogens (tertiary/aromatic N) is 4. The normalized spacial score (nSPS) is 10.3. The van der Waals surface area contributed by atoms with E-state index in [4.69, 9.17) is 21.4 Å². The van der Waals surface area contributed by atoms with Gasteiger partial charge in [0.2, 0.25) is 11.2 Å². The molecule has 0 radical (unpaired) electrons. The molecule has 0 aliphatic heterocycles. The highest BCUT2D eigenvalue weighted by Crippen LogP contribution is 2.21. The van der Waals surface area contributed by atoms with Crippen LogP contribution in [-0.2, 0) is 6.61 Å². The van der Waals surface area contributed by atoms with Gasteiger partial charge in [-0.1, -0.05) is 12.1 Å². The van der Waals surface area contributed by atoms with E-state index in [-0.39, 0.29) is 17.9 Å². The molecule has 2 rings (SSSR count). The third-order valence-electron chi connectivity index (χ3n) is 2.29. The van der Waals surface area contributed by atoms with Gasteiger partial charge >= 0.3 is 6.01 Å². The second kappa shape index (κ2) is 5.81. The van der Waals surface area contributed by atoms with Gasteiger partial charge in [0.1, 0.15) is 5.75 Å². The molecule has 0 saturated heterocycles. The molecule has 19 heavy (non-hydrogen) atoms. The van der Waals surface area contributed by atoms with Gasteiger partial charge in [0, 0.05) is 14.1 Å². The van der Waals surface area contributed by atoms with Crippen molar-refractivity contribution in [2.24, 2.45) is 0 Å². The van der Waals surface area contributed by atoms with Crippen LogP contribution >= 0.6 is 11.6 Å². The first-order chi connectivity index (χ1) is 9.08. The van der Waals surface area contributed by atoms with Crippen molar-refractivity contribution in [2.75, 3.05) is 19.0 Å². The summed E-state index contributed by atoms with van der Waals surface area (Å²) in [5.41, 5.74) is 0.801. The van der Waals surface area contributed by atoms with Crippen LogP contribution in [0.4, 0.5) is 5.95 Å². The van der Waals surface area contributed by atoms with Crippen molar-refractivity contribution in [1.29, 1.82) is 0 Å².